The standard InChI is InChI=1S/C11H11BrN2.C6H7BrN2.C5H11NO2.2ClH/c12-9-3-1-2-7-8-6-13-5-4-10(8)14-11(7)9;7-5-3-1-2-4-6(5)9-8;7-5(8)1-3-6-4-2-5;;/h1-3,13-14H,4-6H2;1-4,9H,8H2;6-8H,1-4H2;2*1H. The van der Waals surface area contributed by atoms with Crippen molar-refractivity contribution in [1.29, 1.82) is 0 Å². The van der Waals surface area contributed by atoms with Gasteiger partial charge in [0, 0.05) is 65.5 Å². The van der Waals surface area contributed by atoms with E-state index in [1.807, 2.05) is 24.3 Å². The molecule has 0 radical (unpaired) electrons. The zero-order valence-electron chi connectivity index (χ0n) is 18.0. The molecule has 0 spiro atoms. The smallest absolute Gasteiger partial charge is 0.164 e. The summed E-state index contributed by atoms with van der Waals surface area (Å²) in [6, 6.07) is 14.0. The summed E-state index contributed by atoms with van der Waals surface area (Å²) < 4.78 is 2.14. The zero-order valence-corrected chi connectivity index (χ0v) is 22.8. The highest BCUT2D eigenvalue weighted by Gasteiger charge is 2.24. The van der Waals surface area contributed by atoms with E-state index in [1.54, 1.807) is 0 Å². The van der Waals surface area contributed by atoms with E-state index in [4.69, 9.17) is 16.1 Å². The van der Waals surface area contributed by atoms with Crippen LogP contribution in [0.1, 0.15) is 24.1 Å². The lowest BCUT2D eigenvalue weighted by Crippen LogP contribution is -2.41. The second kappa shape index (κ2) is 14.5. The van der Waals surface area contributed by atoms with Gasteiger partial charge in [0.05, 0.1) is 11.2 Å². The van der Waals surface area contributed by atoms with E-state index in [0.717, 1.165) is 34.1 Å². The molecule has 2 aromatic carbocycles. The maximum atomic E-state index is 8.89. The van der Waals surface area contributed by atoms with Gasteiger partial charge in [-0.05, 0) is 55.6 Å². The van der Waals surface area contributed by atoms with Crippen molar-refractivity contribution in [1.82, 2.24) is 15.6 Å². The fourth-order valence-corrected chi connectivity index (χ4v) is 4.40. The molecular weight excluding hydrogens is 597 g/mol. The van der Waals surface area contributed by atoms with Crippen LogP contribution in [0.25, 0.3) is 10.9 Å². The number of halogens is 4. The molecule has 8 N–H and O–H groups in total. The summed E-state index contributed by atoms with van der Waals surface area (Å²) in [6.45, 7) is 3.50. The summed E-state index contributed by atoms with van der Waals surface area (Å²) in [5, 5.41) is 25.6. The summed E-state index contributed by atoms with van der Waals surface area (Å²) in [5.74, 6) is 3.79. The summed E-state index contributed by atoms with van der Waals surface area (Å²) in [5.41, 5.74) is 7.52. The number of para-hydroxylation sites is 2. The van der Waals surface area contributed by atoms with Crippen LogP contribution in [0.3, 0.4) is 0 Å². The molecule has 0 saturated carbocycles. The monoisotopic (exact) mass is 625 g/mol. The molecule has 1 aromatic heterocycles. The summed E-state index contributed by atoms with van der Waals surface area (Å²) in [6.07, 6.45) is 2.01. The van der Waals surface area contributed by atoms with Gasteiger partial charge in [0.25, 0.3) is 0 Å². The van der Waals surface area contributed by atoms with E-state index in [1.165, 1.54) is 22.2 Å². The van der Waals surface area contributed by atoms with Crippen LogP contribution in [0.5, 0.6) is 0 Å². The first-order valence-electron chi connectivity index (χ1n) is 10.3. The Morgan fingerprint density at radius 2 is 1.55 bits per heavy atom. The van der Waals surface area contributed by atoms with Crippen molar-refractivity contribution < 1.29 is 10.2 Å². The Morgan fingerprint density at radius 1 is 0.879 bits per heavy atom. The van der Waals surface area contributed by atoms with Gasteiger partial charge in [-0.3, -0.25) is 5.84 Å². The summed E-state index contributed by atoms with van der Waals surface area (Å²) in [4.78, 5) is 3.50. The van der Waals surface area contributed by atoms with E-state index in [-0.39, 0.29) is 24.8 Å². The molecule has 2 aliphatic heterocycles. The van der Waals surface area contributed by atoms with Gasteiger partial charge >= 0.3 is 0 Å². The molecule has 33 heavy (non-hydrogen) atoms. The van der Waals surface area contributed by atoms with Gasteiger partial charge in [0.1, 0.15) is 0 Å². The Bertz CT molecular complexity index is 996. The third-order valence-corrected chi connectivity index (χ3v) is 6.62. The fourth-order valence-electron chi connectivity index (χ4n) is 3.54. The minimum Gasteiger partial charge on any atom is -0.366 e. The maximum Gasteiger partial charge on any atom is 0.164 e. The lowest BCUT2D eigenvalue weighted by atomic mass is 10.1. The van der Waals surface area contributed by atoms with Gasteiger partial charge in [0.2, 0.25) is 0 Å². The first-order chi connectivity index (χ1) is 14.9. The van der Waals surface area contributed by atoms with Crippen molar-refractivity contribution in [2.45, 2.75) is 31.6 Å². The van der Waals surface area contributed by atoms with Crippen molar-refractivity contribution in [3.63, 3.8) is 0 Å². The molecule has 7 nitrogen and oxygen atoms in total. The number of rotatable bonds is 1. The number of fused-ring (bicyclic) bond motifs is 3. The van der Waals surface area contributed by atoms with Crippen molar-refractivity contribution in [2.75, 3.05) is 25.1 Å². The van der Waals surface area contributed by atoms with Crippen molar-refractivity contribution in [2.24, 2.45) is 5.84 Å². The van der Waals surface area contributed by atoms with Crippen LogP contribution in [0.4, 0.5) is 5.69 Å². The quantitative estimate of drug-likeness (QED) is 0.123. The Balaban J connectivity index is 0.000000254. The van der Waals surface area contributed by atoms with Crippen molar-refractivity contribution in [3.8, 4) is 0 Å². The third kappa shape index (κ3) is 8.69. The predicted molar refractivity (Wildman–Crippen MR) is 147 cm³/mol. The molecule has 184 valence electrons. The average Bonchev–Trinajstić information content (AvgIpc) is 3.15. The largest absolute Gasteiger partial charge is 0.366 e. The van der Waals surface area contributed by atoms with Gasteiger partial charge in [-0.1, -0.05) is 24.3 Å². The SMILES string of the molecule is Brc1cccc2c3c([nH]c12)CCNC3.Cl.Cl.NNc1ccccc1Br.OC1(O)CCNCC1. The Morgan fingerprint density at radius 3 is 2.12 bits per heavy atom. The van der Waals surface area contributed by atoms with Crippen LogP contribution in [0, 0.1) is 0 Å². The molecule has 5 rings (SSSR count). The maximum absolute atomic E-state index is 8.89. The molecule has 1 fully saturated rings. The second-order valence-corrected chi connectivity index (χ2v) is 9.24. The number of hydrogen-bond acceptors (Lipinski definition) is 6. The van der Waals surface area contributed by atoms with Crippen LogP contribution in [-0.2, 0) is 13.0 Å². The number of anilines is 1. The number of nitrogens with one attached hydrogen (secondary N) is 4. The van der Waals surface area contributed by atoms with Gasteiger partial charge in [-0.15, -0.1) is 24.8 Å². The molecule has 0 bridgehead atoms. The third-order valence-electron chi connectivity index (χ3n) is 5.27. The molecule has 11 heteroatoms. The molecule has 0 amide bonds. The molecule has 1 saturated heterocycles. The Hall–Kier alpha value is -0.880. The molecule has 3 heterocycles. The molecule has 0 aliphatic carbocycles. The zero-order chi connectivity index (χ0) is 22.3. The normalized spacial score (nSPS) is 15.9. The van der Waals surface area contributed by atoms with E-state index < -0.39 is 5.79 Å². The summed E-state index contributed by atoms with van der Waals surface area (Å²) in [7, 11) is 0. The summed E-state index contributed by atoms with van der Waals surface area (Å²) >= 11 is 6.89. The minimum atomic E-state index is -1.38. The van der Waals surface area contributed by atoms with E-state index in [2.05, 4.69) is 71.1 Å². The second-order valence-electron chi connectivity index (χ2n) is 7.53. The molecule has 0 atom stereocenters. The molecule has 0 unspecified atom stereocenters. The van der Waals surface area contributed by atoms with Crippen LogP contribution >= 0.6 is 56.7 Å². The Labute approximate surface area is 223 Å². The van der Waals surface area contributed by atoms with E-state index in [9.17, 15) is 0 Å². The van der Waals surface area contributed by atoms with Crippen LogP contribution < -0.4 is 21.9 Å². The lowest BCUT2D eigenvalue weighted by molar-refractivity contribution is -0.175. The van der Waals surface area contributed by atoms with Gasteiger partial charge < -0.3 is 31.3 Å². The van der Waals surface area contributed by atoms with Crippen LogP contribution in [-0.4, -0.2) is 40.6 Å². The topological polar surface area (TPSA) is 118 Å². The van der Waals surface area contributed by atoms with Gasteiger partial charge in [0.15, 0.2) is 5.79 Å². The number of nitrogen functional groups attached to an aromatic ring is 1. The highest BCUT2D eigenvalue weighted by atomic mass is 79.9. The van der Waals surface area contributed by atoms with Gasteiger partial charge in [-0.25, -0.2) is 0 Å². The molecule has 2 aliphatic rings. The van der Waals surface area contributed by atoms with E-state index >= 15 is 0 Å². The highest BCUT2D eigenvalue weighted by Crippen LogP contribution is 2.29. The number of piperidine rings is 1. The lowest BCUT2D eigenvalue weighted by Gasteiger charge is -2.26. The number of aromatic amines is 1. The van der Waals surface area contributed by atoms with Crippen LogP contribution in [0.2, 0.25) is 0 Å². The minimum absolute atomic E-state index is 0. The predicted octanol–water partition coefficient (Wildman–Crippen LogP) is 4.21. The molecule has 3 aromatic rings. The molecular formula is C22H31Br2Cl2N5O2. The van der Waals surface area contributed by atoms with Crippen molar-refractivity contribution >= 4 is 73.3 Å². The average molecular weight is 628 g/mol. The highest BCUT2D eigenvalue weighted by molar-refractivity contribution is 9.11. The van der Waals surface area contributed by atoms with E-state index in [0.29, 0.717) is 25.9 Å². The first kappa shape index (κ1) is 30.2. The number of aromatic nitrogens is 1. The van der Waals surface area contributed by atoms with Gasteiger partial charge in [-0.2, -0.15) is 0 Å². The number of hydrazine groups is 1. The Kier molecular flexibility index (Phi) is 13.3. The fraction of sp³-hybridized carbons (Fsp3) is 0.364. The number of H-pyrrole nitrogens is 1. The number of aliphatic hydroxyl groups is 2. The first-order valence-corrected chi connectivity index (χ1v) is 11.8. The van der Waals surface area contributed by atoms with Crippen molar-refractivity contribution in [3.05, 3.63) is 62.7 Å². The number of hydrogen-bond donors (Lipinski definition) is 7. The number of benzene rings is 2. The number of nitrogens with two attached hydrogens (primary N) is 1. The van der Waals surface area contributed by atoms with Crippen LogP contribution in [0.15, 0.2) is 51.4 Å².